The Bertz CT molecular complexity index is 90.1. The zero-order chi connectivity index (χ0) is 8.41. The maximum atomic E-state index is 9.28. The quantitative estimate of drug-likeness (QED) is 0.586. The normalized spacial score (nSPS) is 6.82. The van der Waals surface area contributed by atoms with Gasteiger partial charge in [0.25, 0.3) is 0 Å². The number of hydrogen-bond donors (Lipinski definition) is 1. The molecule has 0 aromatic rings. The Kier molecular flexibility index (Phi) is 26.8. The van der Waals surface area contributed by atoms with Gasteiger partial charge in [0, 0.05) is 39.3 Å². The van der Waals surface area contributed by atoms with Gasteiger partial charge in [-0.25, -0.2) is 6.58 Å². The van der Waals surface area contributed by atoms with Crippen LogP contribution in [-0.4, -0.2) is 18.0 Å². The van der Waals surface area contributed by atoms with E-state index in [0.29, 0.717) is 5.57 Å². The van der Waals surface area contributed by atoms with Crippen LogP contribution in [0.15, 0.2) is 12.2 Å². The summed E-state index contributed by atoms with van der Waals surface area (Å²) in [5, 5.41) is 8.03. The summed E-state index contributed by atoms with van der Waals surface area (Å²) in [5.74, 6) is 0. The molecule has 0 amide bonds. The monoisotopic (exact) mass is 231 g/mol. The Hall–Kier alpha value is 0.474. The molecular weight excluding hydrogens is 217 g/mol. The van der Waals surface area contributed by atoms with Gasteiger partial charge in [-0.15, -0.1) is 0 Å². The van der Waals surface area contributed by atoms with Gasteiger partial charge in [-0.3, -0.25) is 0 Å². The maximum absolute atomic E-state index is 9.28. The van der Waals surface area contributed by atoms with Gasteiger partial charge in [0.2, 0.25) is 0 Å². The van der Waals surface area contributed by atoms with Crippen molar-refractivity contribution in [3.05, 3.63) is 19.1 Å². The molecule has 0 bridgehead atoms. The molecule has 0 spiro atoms. The molecule has 0 aliphatic heterocycles. The number of aliphatic hydroxyl groups is 1. The first-order chi connectivity index (χ1) is 4.68. The van der Waals surface area contributed by atoms with Gasteiger partial charge >= 0.3 is 0 Å². The van der Waals surface area contributed by atoms with Crippen molar-refractivity contribution in [3.63, 3.8) is 0 Å². The Morgan fingerprint density at radius 2 is 2.09 bits per heavy atom. The first kappa shape index (κ1) is 17.5. The van der Waals surface area contributed by atoms with Gasteiger partial charge < -0.3 is 16.8 Å². The number of aliphatic hydroxyl groups excluding tert-OH is 1. The molecule has 1 N–H and O–H groups in total. The second-order valence-electron chi connectivity index (χ2n) is 1.81. The minimum atomic E-state index is 0. The van der Waals surface area contributed by atoms with E-state index in [4.69, 9.17) is 5.11 Å². The zero-order valence-electron chi connectivity index (χ0n) is 6.97. The largest absolute Gasteiger partial charge is 0.419 e. The maximum Gasteiger partial charge on any atom is 0.0406 e. The minimum Gasteiger partial charge on any atom is -0.419 e. The predicted octanol–water partition coefficient (Wildman–Crippen LogP) is 1.26. The van der Waals surface area contributed by atoms with Crippen LogP contribution in [0.3, 0.4) is 0 Å². The number of rotatable bonds is 3. The third-order valence-corrected chi connectivity index (χ3v) is 0.582. The topological polar surface area (TPSA) is 37.3 Å². The van der Waals surface area contributed by atoms with Crippen LogP contribution in [0, 0.1) is 6.92 Å². The van der Waals surface area contributed by atoms with E-state index in [2.05, 4.69) is 13.5 Å². The smallest absolute Gasteiger partial charge is 0.0406 e. The molecule has 3 heteroatoms. The van der Waals surface area contributed by atoms with Gasteiger partial charge in [0.05, 0.1) is 0 Å². The third kappa shape index (κ3) is 37.6. The van der Waals surface area contributed by atoms with Gasteiger partial charge in [0.15, 0.2) is 0 Å². The molecule has 0 unspecified atom stereocenters. The zero-order valence-corrected chi connectivity index (χ0v) is 9.81. The third-order valence-electron chi connectivity index (χ3n) is 0.582. The number of carbonyl (C=O) groups excluding carboxylic acids is 1. The van der Waals surface area contributed by atoms with Crippen molar-refractivity contribution in [1.29, 1.82) is 0 Å². The number of unbranched alkanes of at least 4 members (excludes halogenated alkanes) is 1. The van der Waals surface area contributed by atoms with Crippen molar-refractivity contribution < 1.29 is 42.6 Å². The SMILES string of the molecule is C=C(C)[C-]=O.[CH2-]CCCO.[Y]. The van der Waals surface area contributed by atoms with Crippen molar-refractivity contribution >= 4 is 6.29 Å². The summed E-state index contributed by atoms with van der Waals surface area (Å²) in [6.45, 7) is 8.65. The molecule has 0 aromatic carbocycles. The molecule has 0 fully saturated rings. The summed E-state index contributed by atoms with van der Waals surface area (Å²) in [4.78, 5) is 9.28. The predicted molar refractivity (Wildman–Crippen MR) is 42.2 cm³/mol. The van der Waals surface area contributed by atoms with Crippen LogP contribution in [0.25, 0.3) is 0 Å². The fraction of sp³-hybridized carbons (Fsp3) is 0.500. The van der Waals surface area contributed by atoms with Crippen molar-refractivity contribution in [1.82, 2.24) is 0 Å². The van der Waals surface area contributed by atoms with Crippen LogP contribution < -0.4 is 0 Å². The van der Waals surface area contributed by atoms with E-state index in [-0.39, 0.29) is 39.3 Å². The standard InChI is InChI=1S/C4H5O.C4H9O.Y/c1-4(2)3-5;1-2-3-4-5;/h1H2,2H3;5H,1-4H2;/q2*-1;. The molecule has 0 aliphatic rings. The fourth-order valence-electron chi connectivity index (χ4n) is 0.112. The van der Waals surface area contributed by atoms with Gasteiger partial charge in [0.1, 0.15) is 0 Å². The average molecular weight is 231 g/mol. The summed E-state index contributed by atoms with van der Waals surface area (Å²) in [6.07, 6.45) is 3.26. The fourth-order valence-corrected chi connectivity index (χ4v) is 0.112. The second-order valence-corrected chi connectivity index (χ2v) is 1.81. The Morgan fingerprint density at radius 1 is 1.73 bits per heavy atom. The van der Waals surface area contributed by atoms with Crippen molar-refractivity contribution in [3.8, 4) is 0 Å². The first-order valence-electron chi connectivity index (χ1n) is 3.12. The van der Waals surface area contributed by atoms with Crippen LogP contribution in [0.5, 0.6) is 0 Å². The van der Waals surface area contributed by atoms with Crippen LogP contribution in [0.2, 0.25) is 0 Å². The van der Waals surface area contributed by atoms with Crippen molar-refractivity contribution in [2.24, 2.45) is 0 Å². The molecule has 0 rings (SSSR count). The Labute approximate surface area is 93.9 Å². The molecule has 0 saturated carbocycles. The molecule has 11 heavy (non-hydrogen) atoms. The summed E-state index contributed by atoms with van der Waals surface area (Å²) in [5.41, 5.74) is 0.449. The molecular formula is C8H14O2Y-2. The second kappa shape index (κ2) is 16.8. The van der Waals surface area contributed by atoms with Gasteiger partial charge in [-0.2, -0.15) is 12.0 Å². The Morgan fingerprint density at radius 3 is 2.09 bits per heavy atom. The summed E-state index contributed by atoms with van der Waals surface area (Å²) in [6, 6.07) is 0. The summed E-state index contributed by atoms with van der Waals surface area (Å²) < 4.78 is 0. The molecule has 0 atom stereocenters. The van der Waals surface area contributed by atoms with Crippen molar-refractivity contribution in [2.75, 3.05) is 6.61 Å². The minimum absolute atomic E-state index is 0. The van der Waals surface area contributed by atoms with E-state index >= 15 is 0 Å². The van der Waals surface area contributed by atoms with Gasteiger partial charge in [-0.1, -0.05) is 13.3 Å². The average Bonchev–Trinajstić information content (AvgIpc) is 1.91. The van der Waals surface area contributed by atoms with Crippen molar-refractivity contribution in [2.45, 2.75) is 19.8 Å². The van der Waals surface area contributed by atoms with Crippen LogP contribution in [0.4, 0.5) is 0 Å². The molecule has 0 heterocycles. The molecule has 0 aliphatic carbocycles. The van der Waals surface area contributed by atoms with E-state index in [9.17, 15) is 4.79 Å². The van der Waals surface area contributed by atoms with Crippen LogP contribution in [-0.2, 0) is 37.5 Å². The van der Waals surface area contributed by atoms with Gasteiger partial charge in [-0.05, 0) is 6.29 Å². The number of allylic oxidation sites excluding steroid dienone is 1. The van der Waals surface area contributed by atoms with Crippen LogP contribution >= 0.6 is 0 Å². The summed E-state index contributed by atoms with van der Waals surface area (Å²) in [7, 11) is 0. The van der Waals surface area contributed by atoms with E-state index in [0.717, 1.165) is 12.8 Å². The number of hydrogen-bond acceptors (Lipinski definition) is 2. The molecule has 0 saturated heterocycles. The van der Waals surface area contributed by atoms with Crippen LogP contribution in [0.1, 0.15) is 19.8 Å². The molecule has 2 nitrogen and oxygen atoms in total. The Balaban J connectivity index is -0.000000107. The van der Waals surface area contributed by atoms with E-state index in [1.54, 1.807) is 13.2 Å². The van der Waals surface area contributed by atoms with E-state index in [1.807, 2.05) is 0 Å². The molecule has 1 radical (unpaired) electrons. The van der Waals surface area contributed by atoms with E-state index < -0.39 is 0 Å². The molecule has 63 valence electrons. The summed E-state index contributed by atoms with van der Waals surface area (Å²) >= 11 is 0. The first-order valence-corrected chi connectivity index (χ1v) is 3.12. The van der Waals surface area contributed by atoms with E-state index in [1.165, 1.54) is 0 Å². The molecule has 0 aromatic heterocycles.